The second-order valence-electron chi connectivity index (χ2n) is 4.18. The third kappa shape index (κ3) is 3.84. The molecule has 0 fully saturated rings. The van der Waals surface area contributed by atoms with Crippen molar-refractivity contribution >= 4 is 33.3 Å². The highest BCUT2D eigenvalue weighted by Crippen LogP contribution is 2.31. The lowest BCUT2D eigenvalue weighted by atomic mass is 10.3. The molecule has 0 aliphatic rings. The molecule has 0 radical (unpaired) electrons. The summed E-state index contributed by atoms with van der Waals surface area (Å²) in [5.41, 5.74) is 0. The zero-order valence-corrected chi connectivity index (χ0v) is 13.6. The van der Waals surface area contributed by atoms with Crippen molar-refractivity contribution < 1.29 is 4.74 Å². The first-order valence-electron chi connectivity index (χ1n) is 6.31. The number of nitrogens with one attached hydrogen (secondary N) is 1. The summed E-state index contributed by atoms with van der Waals surface area (Å²) >= 11 is 9.51. The van der Waals surface area contributed by atoms with Gasteiger partial charge in [0.05, 0.1) is 5.02 Å². The van der Waals surface area contributed by atoms with E-state index in [0.29, 0.717) is 16.7 Å². The molecule has 0 aliphatic heterocycles. The normalized spacial score (nSPS) is 10.4. The van der Waals surface area contributed by atoms with Crippen LogP contribution < -0.4 is 10.1 Å². The minimum atomic E-state index is 0.479. The molecule has 20 heavy (non-hydrogen) atoms. The number of rotatable bonds is 5. The van der Waals surface area contributed by atoms with Gasteiger partial charge in [0.1, 0.15) is 17.4 Å². The van der Waals surface area contributed by atoms with E-state index in [-0.39, 0.29) is 0 Å². The molecule has 0 unspecified atom stereocenters. The molecule has 0 spiro atoms. The van der Waals surface area contributed by atoms with Crippen molar-refractivity contribution in [3.8, 4) is 11.6 Å². The summed E-state index contributed by atoms with van der Waals surface area (Å²) in [5.74, 6) is 2.52. The van der Waals surface area contributed by atoms with Gasteiger partial charge in [-0.3, -0.25) is 0 Å². The Balaban J connectivity index is 2.32. The van der Waals surface area contributed by atoms with Crippen molar-refractivity contribution in [3.63, 3.8) is 0 Å². The number of aromatic nitrogens is 2. The Morgan fingerprint density at radius 1 is 1.30 bits per heavy atom. The van der Waals surface area contributed by atoms with E-state index >= 15 is 0 Å². The first-order valence-corrected chi connectivity index (χ1v) is 7.48. The van der Waals surface area contributed by atoms with E-state index in [1.807, 2.05) is 19.2 Å². The van der Waals surface area contributed by atoms with Crippen molar-refractivity contribution in [2.24, 2.45) is 0 Å². The molecule has 1 aromatic carbocycles. The Hall–Kier alpha value is -1.33. The highest BCUT2D eigenvalue weighted by Gasteiger charge is 2.08. The standard InChI is InChI=1S/C14H15BrClN3O/c1-3-4-12-18-13(17-2)8-14(19-12)20-11-7-9(15)5-6-10(11)16/h5-8H,3-4H2,1-2H3,(H,17,18,19). The third-order valence-corrected chi connectivity index (χ3v) is 3.39. The van der Waals surface area contributed by atoms with Gasteiger partial charge in [-0.05, 0) is 24.6 Å². The van der Waals surface area contributed by atoms with Gasteiger partial charge in [-0.15, -0.1) is 0 Å². The number of nitrogens with zero attached hydrogens (tertiary/aromatic N) is 2. The number of anilines is 1. The van der Waals surface area contributed by atoms with Crippen LogP contribution in [0.1, 0.15) is 19.2 Å². The molecule has 2 aromatic rings. The van der Waals surface area contributed by atoms with Gasteiger partial charge < -0.3 is 10.1 Å². The topological polar surface area (TPSA) is 47.0 Å². The van der Waals surface area contributed by atoms with Crippen LogP contribution in [0.3, 0.4) is 0 Å². The minimum absolute atomic E-state index is 0.479. The molecule has 0 aliphatic carbocycles. The van der Waals surface area contributed by atoms with Gasteiger partial charge in [0.15, 0.2) is 0 Å². The largest absolute Gasteiger partial charge is 0.437 e. The number of hydrogen-bond donors (Lipinski definition) is 1. The van der Waals surface area contributed by atoms with E-state index in [9.17, 15) is 0 Å². The average molecular weight is 357 g/mol. The first kappa shape index (κ1) is 15.1. The first-order chi connectivity index (χ1) is 9.62. The van der Waals surface area contributed by atoms with E-state index in [1.54, 1.807) is 12.1 Å². The monoisotopic (exact) mass is 355 g/mol. The predicted octanol–water partition coefficient (Wildman–Crippen LogP) is 4.68. The SMILES string of the molecule is CCCc1nc(NC)cc(Oc2cc(Br)ccc2Cl)n1. The summed E-state index contributed by atoms with van der Waals surface area (Å²) in [6.45, 7) is 2.08. The maximum absolute atomic E-state index is 6.12. The maximum Gasteiger partial charge on any atom is 0.224 e. The number of benzene rings is 1. The molecule has 0 atom stereocenters. The molecule has 2 rings (SSSR count). The van der Waals surface area contributed by atoms with Crippen LogP contribution >= 0.6 is 27.5 Å². The molecule has 1 heterocycles. The Morgan fingerprint density at radius 2 is 2.10 bits per heavy atom. The van der Waals surface area contributed by atoms with Crippen LogP contribution in [0, 0.1) is 0 Å². The molecule has 106 valence electrons. The fourth-order valence-electron chi connectivity index (χ4n) is 1.66. The van der Waals surface area contributed by atoms with Gasteiger partial charge in [-0.1, -0.05) is 34.5 Å². The summed E-state index contributed by atoms with van der Waals surface area (Å²) < 4.78 is 6.66. The second-order valence-corrected chi connectivity index (χ2v) is 5.51. The molecule has 4 nitrogen and oxygen atoms in total. The van der Waals surface area contributed by atoms with E-state index in [1.165, 1.54) is 0 Å². The van der Waals surface area contributed by atoms with Crippen molar-refractivity contribution in [3.05, 3.63) is 39.6 Å². The van der Waals surface area contributed by atoms with Crippen molar-refractivity contribution in [2.45, 2.75) is 19.8 Å². The second kappa shape index (κ2) is 6.90. The maximum atomic E-state index is 6.12. The molecule has 0 amide bonds. The summed E-state index contributed by atoms with van der Waals surface area (Å²) in [6, 6.07) is 7.18. The Labute approximate surface area is 131 Å². The Kier molecular flexibility index (Phi) is 5.20. The smallest absolute Gasteiger partial charge is 0.224 e. The van der Waals surface area contributed by atoms with E-state index in [4.69, 9.17) is 16.3 Å². The van der Waals surface area contributed by atoms with E-state index in [0.717, 1.165) is 29.0 Å². The molecule has 6 heteroatoms. The van der Waals surface area contributed by atoms with Gasteiger partial charge in [-0.25, -0.2) is 4.98 Å². The van der Waals surface area contributed by atoms with Crippen LogP contribution in [0.2, 0.25) is 5.02 Å². The van der Waals surface area contributed by atoms with Gasteiger partial charge in [0, 0.05) is 24.0 Å². The Bertz CT molecular complexity index is 607. The summed E-state index contributed by atoms with van der Waals surface area (Å²) in [5, 5.41) is 3.54. The van der Waals surface area contributed by atoms with E-state index < -0.39 is 0 Å². The number of hydrogen-bond acceptors (Lipinski definition) is 4. The van der Waals surface area contributed by atoms with Gasteiger partial charge in [0.2, 0.25) is 5.88 Å². The number of aryl methyl sites for hydroxylation is 1. The fraction of sp³-hybridized carbons (Fsp3) is 0.286. The molecule has 0 saturated heterocycles. The molecule has 0 bridgehead atoms. The van der Waals surface area contributed by atoms with Crippen LogP contribution in [0.4, 0.5) is 5.82 Å². The van der Waals surface area contributed by atoms with Gasteiger partial charge in [0.25, 0.3) is 0 Å². The fourth-order valence-corrected chi connectivity index (χ4v) is 2.15. The zero-order valence-electron chi connectivity index (χ0n) is 11.3. The minimum Gasteiger partial charge on any atom is -0.437 e. The van der Waals surface area contributed by atoms with E-state index in [2.05, 4.69) is 38.1 Å². The van der Waals surface area contributed by atoms with Gasteiger partial charge >= 0.3 is 0 Å². The molecule has 1 aromatic heterocycles. The quantitative estimate of drug-likeness (QED) is 0.845. The summed E-state index contributed by atoms with van der Waals surface area (Å²) in [7, 11) is 1.81. The zero-order chi connectivity index (χ0) is 14.5. The molecule has 0 saturated carbocycles. The number of ether oxygens (including phenoxy) is 1. The van der Waals surface area contributed by atoms with Crippen LogP contribution in [0.15, 0.2) is 28.7 Å². The highest BCUT2D eigenvalue weighted by molar-refractivity contribution is 9.10. The number of halogens is 2. The highest BCUT2D eigenvalue weighted by atomic mass is 79.9. The van der Waals surface area contributed by atoms with Gasteiger partial charge in [-0.2, -0.15) is 4.98 Å². The molecular formula is C14H15BrClN3O. The van der Waals surface area contributed by atoms with Crippen LogP contribution in [-0.2, 0) is 6.42 Å². The van der Waals surface area contributed by atoms with Crippen LogP contribution in [0.5, 0.6) is 11.6 Å². The molecule has 1 N–H and O–H groups in total. The average Bonchev–Trinajstić information content (AvgIpc) is 2.43. The molecular weight excluding hydrogens is 342 g/mol. The third-order valence-electron chi connectivity index (χ3n) is 2.59. The van der Waals surface area contributed by atoms with Crippen LogP contribution in [-0.4, -0.2) is 17.0 Å². The Morgan fingerprint density at radius 3 is 2.80 bits per heavy atom. The predicted molar refractivity (Wildman–Crippen MR) is 84.8 cm³/mol. The summed E-state index contributed by atoms with van der Waals surface area (Å²) in [4.78, 5) is 8.77. The van der Waals surface area contributed by atoms with Crippen molar-refractivity contribution in [1.82, 2.24) is 9.97 Å². The van der Waals surface area contributed by atoms with Crippen molar-refractivity contribution in [2.75, 3.05) is 12.4 Å². The van der Waals surface area contributed by atoms with Crippen molar-refractivity contribution in [1.29, 1.82) is 0 Å². The van der Waals surface area contributed by atoms with Crippen LogP contribution in [0.25, 0.3) is 0 Å². The lowest BCUT2D eigenvalue weighted by Crippen LogP contribution is -2.02. The summed E-state index contributed by atoms with van der Waals surface area (Å²) in [6.07, 6.45) is 1.78. The lowest BCUT2D eigenvalue weighted by molar-refractivity contribution is 0.458. The lowest BCUT2D eigenvalue weighted by Gasteiger charge is -2.10.